The highest BCUT2D eigenvalue weighted by atomic mass is 19.1. The largest absolute Gasteiger partial charge is 0.319 e. The minimum absolute atomic E-state index is 0.00741. The molecule has 1 heterocycles. The van der Waals surface area contributed by atoms with Crippen LogP contribution in [0.2, 0.25) is 0 Å². The Morgan fingerprint density at radius 3 is 2.76 bits per heavy atom. The van der Waals surface area contributed by atoms with Crippen molar-refractivity contribution in [2.45, 2.75) is 6.92 Å². The van der Waals surface area contributed by atoms with Gasteiger partial charge in [-0.15, -0.1) is 0 Å². The van der Waals surface area contributed by atoms with E-state index in [4.69, 9.17) is 0 Å². The number of hydrogen-bond donors (Lipinski definition) is 1. The monoisotopic (exact) mass is 341 g/mol. The topological polar surface area (TPSA) is 103 Å². The number of nitro groups is 1. The molecule has 0 aliphatic heterocycles. The molecule has 0 radical (unpaired) electrons. The van der Waals surface area contributed by atoms with Gasteiger partial charge in [-0.2, -0.15) is 5.10 Å². The van der Waals surface area contributed by atoms with E-state index < -0.39 is 16.6 Å². The van der Waals surface area contributed by atoms with Crippen molar-refractivity contribution in [2.24, 2.45) is 0 Å². The van der Waals surface area contributed by atoms with Gasteiger partial charge in [0.05, 0.1) is 10.6 Å². The molecular weight excluding hydrogens is 329 g/mol. The van der Waals surface area contributed by atoms with Crippen LogP contribution in [-0.4, -0.2) is 25.6 Å². The molecule has 0 aliphatic carbocycles. The Balaban J connectivity index is 1.95. The number of amides is 1. The number of anilines is 1. The molecule has 1 aromatic heterocycles. The molecule has 25 heavy (non-hydrogen) atoms. The number of nitrogens with zero attached hydrogens (tertiary/aromatic N) is 4. The van der Waals surface area contributed by atoms with Crippen molar-refractivity contribution < 1.29 is 14.1 Å². The number of nitro benzene ring substituents is 1. The lowest BCUT2D eigenvalue weighted by Crippen LogP contribution is -2.14. The highest BCUT2D eigenvalue weighted by Gasteiger charge is 2.20. The van der Waals surface area contributed by atoms with E-state index in [1.54, 1.807) is 13.0 Å². The third kappa shape index (κ3) is 3.34. The van der Waals surface area contributed by atoms with E-state index in [1.807, 2.05) is 0 Å². The van der Waals surface area contributed by atoms with Crippen LogP contribution in [0, 0.1) is 22.9 Å². The standard InChI is InChI=1S/C16H12FN5O3/c1-10-2-4-12(17)13(6-10)20-16(23)11-3-5-14(15(7-11)22(24)25)21-9-18-8-19-21/h2-9H,1H3,(H,20,23). The quantitative estimate of drug-likeness (QED) is 0.580. The molecule has 1 N–H and O–H groups in total. The summed E-state index contributed by atoms with van der Waals surface area (Å²) in [4.78, 5) is 26.7. The van der Waals surface area contributed by atoms with Crippen molar-refractivity contribution in [3.8, 4) is 5.69 Å². The molecule has 0 bridgehead atoms. The number of halogens is 1. The first-order chi connectivity index (χ1) is 12.0. The van der Waals surface area contributed by atoms with Crippen LogP contribution in [-0.2, 0) is 0 Å². The number of carbonyl (C=O) groups excluding carboxylic acids is 1. The third-order valence-corrected chi connectivity index (χ3v) is 3.47. The fourth-order valence-corrected chi connectivity index (χ4v) is 2.27. The Morgan fingerprint density at radius 2 is 2.08 bits per heavy atom. The second-order valence-electron chi connectivity index (χ2n) is 5.24. The Labute approximate surface area is 141 Å². The van der Waals surface area contributed by atoms with Gasteiger partial charge in [0.1, 0.15) is 24.2 Å². The molecule has 0 saturated carbocycles. The van der Waals surface area contributed by atoms with Crippen LogP contribution in [0.25, 0.3) is 5.69 Å². The molecule has 8 nitrogen and oxygen atoms in total. The minimum atomic E-state index is -0.655. The van der Waals surface area contributed by atoms with E-state index in [0.29, 0.717) is 0 Å². The van der Waals surface area contributed by atoms with Crippen molar-refractivity contribution in [1.29, 1.82) is 0 Å². The predicted octanol–water partition coefficient (Wildman–Crippen LogP) is 2.88. The molecule has 1 amide bonds. The lowest BCUT2D eigenvalue weighted by molar-refractivity contribution is -0.384. The summed E-state index contributed by atoms with van der Waals surface area (Å²) in [5.74, 6) is -1.24. The van der Waals surface area contributed by atoms with E-state index in [-0.39, 0.29) is 22.6 Å². The average molecular weight is 341 g/mol. The van der Waals surface area contributed by atoms with Gasteiger partial charge in [-0.25, -0.2) is 14.1 Å². The predicted molar refractivity (Wildman–Crippen MR) is 87.1 cm³/mol. The molecule has 0 unspecified atom stereocenters. The smallest absolute Gasteiger partial charge is 0.295 e. The minimum Gasteiger partial charge on any atom is -0.319 e. The van der Waals surface area contributed by atoms with E-state index in [1.165, 1.54) is 41.6 Å². The molecular formula is C16H12FN5O3. The maximum atomic E-state index is 13.8. The Kier molecular flexibility index (Phi) is 4.21. The molecule has 2 aromatic carbocycles. The lowest BCUT2D eigenvalue weighted by atomic mass is 10.1. The Morgan fingerprint density at radius 1 is 1.28 bits per heavy atom. The number of nitrogens with one attached hydrogen (secondary N) is 1. The Hall–Kier alpha value is -3.62. The van der Waals surface area contributed by atoms with E-state index in [0.717, 1.165) is 11.6 Å². The van der Waals surface area contributed by atoms with Gasteiger partial charge >= 0.3 is 0 Å². The molecule has 3 rings (SSSR count). The van der Waals surface area contributed by atoms with Gasteiger partial charge in [0.25, 0.3) is 11.6 Å². The number of benzene rings is 2. The summed E-state index contributed by atoms with van der Waals surface area (Å²) in [6.45, 7) is 1.76. The third-order valence-electron chi connectivity index (χ3n) is 3.47. The van der Waals surface area contributed by atoms with Gasteiger partial charge in [0.15, 0.2) is 0 Å². The number of aryl methyl sites for hydroxylation is 1. The highest BCUT2D eigenvalue weighted by Crippen LogP contribution is 2.24. The molecule has 3 aromatic rings. The molecule has 0 atom stereocenters. The van der Waals surface area contributed by atoms with Gasteiger partial charge in [0.2, 0.25) is 0 Å². The van der Waals surface area contributed by atoms with Gasteiger partial charge in [-0.3, -0.25) is 14.9 Å². The summed E-state index contributed by atoms with van der Waals surface area (Å²) in [7, 11) is 0. The van der Waals surface area contributed by atoms with Crippen LogP contribution >= 0.6 is 0 Å². The maximum absolute atomic E-state index is 13.8. The summed E-state index contributed by atoms with van der Waals surface area (Å²) < 4.78 is 15.0. The normalized spacial score (nSPS) is 10.5. The van der Waals surface area contributed by atoms with Crippen LogP contribution in [0.3, 0.4) is 0 Å². The zero-order valence-corrected chi connectivity index (χ0v) is 13.0. The summed E-state index contributed by atoms with van der Waals surface area (Å²) in [5, 5.41) is 17.6. The van der Waals surface area contributed by atoms with Crippen LogP contribution in [0.4, 0.5) is 15.8 Å². The van der Waals surface area contributed by atoms with E-state index >= 15 is 0 Å². The van der Waals surface area contributed by atoms with Crippen LogP contribution in [0.5, 0.6) is 0 Å². The average Bonchev–Trinajstić information content (AvgIpc) is 3.12. The van der Waals surface area contributed by atoms with Gasteiger partial charge in [0, 0.05) is 11.6 Å². The second kappa shape index (κ2) is 6.48. The van der Waals surface area contributed by atoms with E-state index in [9.17, 15) is 19.3 Å². The van der Waals surface area contributed by atoms with Gasteiger partial charge in [-0.1, -0.05) is 6.07 Å². The number of rotatable bonds is 4. The number of aromatic nitrogens is 3. The first-order valence-corrected chi connectivity index (χ1v) is 7.16. The molecule has 9 heteroatoms. The summed E-state index contributed by atoms with van der Waals surface area (Å²) in [6, 6.07) is 8.18. The number of hydrogen-bond acceptors (Lipinski definition) is 5. The van der Waals surface area contributed by atoms with Crippen LogP contribution in [0.15, 0.2) is 49.1 Å². The summed E-state index contributed by atoms with van der Waals surface area (Å²) in [5.41, 5.74) is 0.650. The molecule has 0 saturated heterocycles. The van der Waals surface area contributed by atoms with Gasteiger partial charge in [-0.05, 0) is 36.8 Å². The van der Waals surface area contributed by atoms with Crippen molar-refractivity contribution >= 4 is 17.3 Å². The van der Waals surface area contributed by atoms with Crippen molar-refractivity contribution in [2.75, 3.05) is 5.32 Å². The molecule has 0 fully saturated rings. The SMILES string of the molecule is Cc1ccc(F)c(NC(=O)c2ccc(-n3cncn3)c([N+](=O)[O-])c2)c1. The number of carbonyl (C=O) groups is 1. The molecule has 0 aliphatic rings. The molecule has 126 valence electrons. The van der Waals surface area contributed by atoms with Crippen LogP contribution < -0.4 is 5.32 Å². The van der Waals surface area contributed by atoms with Crippen LogP contribution in [0.1, 0.15) is 15.9 Å². The molecule has 0 spiro atoms. The maximum Gasteiger partial charge on any atom is 0.295 e. The Bertz CT molecular complexity index is 956. The van der Waals surface area contributed by atoms with Crippen molar-refractivity contribution in [3.63, 3.8) is 0 Å². The second-order valence-corrected chi connectivity index (χ2v) is 5.24. The fourth-order valence-electron chi connectivity index (χ4n) is 2.27. The fraction of sp³-hybridized carbons (Fsp3) is 0.0625. The van der Waals surface area contributed by atoms with E-state index in [2.05, 4.69) is 15.4 Å². The van der Waals surface area contributed by atoms with Crippen molar-refractivity contribution in [1.82, 2.24) is 14.8 Å². The summed E-state index contributed by atoms with van der Waals surface area (Å²) >= 11 is 0. The first kappa shape index (κ1) is 16.2. The van der Waals surface area contributed by atoms with Gasteiger partial charge < -0.3 is 5.32 Å². The van der Waals surface area contributed by atoms with Crippen molar-refractivity contribution in [3.05, 3.63) is 76.1 Å². The zero-order valence-electron chi connectivity index (χ0n) is 13.0. The first-order valence-electron chi connectivity index (χ1n) is 7.16. The summed E-state index contributed by atoms with van der Waals surface area (Å²) in [6.07, 6.45) is 2.55. The zero-order chi connectivity index (χ0) is 18.0. The highest BCUT2D eigenvalue weighted by molar-refractivity contribution is 6.05. The lowest BCUT2D eigenvalue weighted by Gasteiger charge is -2.08.